The van der Waals surface area contributed by atoms with Gasteiger partial charge in [0.2, 0.25) is 10.0 Å². The van der Waals surface area contributed by atoms with Crippen molar-refractivity contribution in [3.05, 3.63) is 0 Å². The Kier molecular flexibility index (Phi) is 5.06. The van der Waals surface area contributed by atoms with Crippen LogP contribution < -0.4 is 0 Å². The quantitative estimate of drug-likeness (QED) is 0.749. The van der Waals surface area contributed by atoms with Crippen LogP contribution in [0, 0.1) is 5.92 Å². The minimum atomic E-state index is -2.99. The zero-order valence-electron chi connectivity index (χ0n) is 9.91. The van der Waals surface area contributed by atoms with E-state index in [4.69, 9.17) is 0 Å². The molecular formula is C11H23NO2S. The molecule has 1 saturated carbocycles. The third-order valence-electron chi connectivity index (χ3n) is 3.31. The highest BCUT2D eigenvalue weighted by Crippen LogP contribution is 2.23. The van der Waals surface area contributed by atoms with E-state index in [1.165, 1.54) is 55.5 Å². The van der Waals surface area contributed by atoms with Crippen molar-refractivity contribution in [2.45, 2.75) is 44.9 Å². The zero-order valence-corrected chi connectivity index (χ0v) is 10.7. The van der Waals surface area contributed by atoms with Crippen molar-refractivity contribution in [1.29, 1.82) is 0 Å². The Balaban J connectivity index is 2.41. The van der Waals surface area contributed by atoms with E-state index < -0.39 is 10.0 Å². The summed E-state index contributed by atoms with van der Waals surface area (Å²) < 4.78 is 24.1. The van der Waals surface area contributed by atoms with Crippen LogP contribution in [0.4, 0.5) is 0 Å². The minimum Gasteiger partial charge on any atom is -0.213 e. The zero-order chi connectivity index (χ0) is 11.3. The van der Waals surface area contributed by atoms with Gasteiger partial charge in [-0.2, -0.15) is 0 Å². The van der Waals surface area contributed by atoms with Gasteiger partial charge < -0.3 is 0 Å². The summed E-state index contributed by atoms with van der Waals surface area (Å²) >= 11 is 0. The third-order valence-corrected chi connectivity index (χ3v) is 4.59. The lowest BCUT2D eigenvalue weighted by Gasteiger charge is -2.24. The van der Waals surface area contributed by atoms with E-state index in [-0.39, 0.29) is 0 Å². The van der Waals surface area contributed by atoms with Crippen LogP contribution in [0.25, 0.3) is 0 Å². The standard InChI is InChI=1S/C11H23NO2S/c1-12(15(2,13)14)10-11-8-6-4-3-5-7-9-11/h11H,3-10H2,1-2H3. The van der Waals surface area contributed by atoms with Crippen molar-refractivity contribution in [3.8, 4) is 0 Å². The van der Waals surface area contributed by atoms with Crippen molar-refractivity contribution in [2.75, 3.05) is 19.8 Å². The van der Waals surface area contributed by atoms with Gasteiger partial charge in [-0.25, -0.2) is 12.7 Å². The summed E-state index contributed by atoms with van der Waals surface area (Å²) in [6, 6.07) is 0. The molecule has 3 nitrogen and oxygen atoms in total. The molecular weight excluding hydrogens is 210 g/mol. The SMILES string of the molecule is CN(CC1CCCCCCC1)S(C)(=O)=O. The van der Waals surface area contributed by atoms with E-state index in [2.05, 4.69) is 0 Å². The molecule has 4 heteroatoms. The summed E-state index contributed by atoms with van der Waals surface area (Å²) in [6.45, 7) is 0.707. The van der Waals surface area contributed by atoms with Crippen LogP contribution in [0.3, 0.4) is 0 Å². The highest BCUT2D eigenvalue weighted by atomic mass is 32.2. The molecule has 0 N–H and O–H groups in total. The van der Waals surface area contributed by atoms with Crippen LogP contribution >= 0.6 is 0 Å². The first-order valence-corrected chi connectivity index (χ1v) is 7.76. The van der Waals surface area contributed by atoms with Crippen LogP contribution in [0.5, 0.6) is 0 Å². The number of nitrogens with zero attached hydrogens (tertiary/aromatic N) is 1. The maximum Gasteiger partial charge on any atom is 0.210 e. The Morgan fingerprint density at radius 1 is 1.07 bits per heavy atom. The molecule has 1 aliphatic carbocycles. The van der Waals surface area contributed by atoms with Gasteiger partial charge in [0.25, 0.3) is 0 Å². The molecule has 0 aromatic heterocycles. The van der Waals surface area contributed by atoms with E-state index in [0.29, 0.717) is 12.5 Å². The molecule has 0 radical (unpaired) electrons. The molecule has 1 fully saturated rings. The van der Waals surface area contributed by atoms with E-state index in [0.717, 1.165) is 0 Å². The number of hydrogen-bond donors (Lipinski definition) is 0. The van der Waals surface area contributed by atoms with Crippen molar-refractivity contribution in [1.82, 2.24) is 4.31 Å². The van der Waals surface area contributed by atoms with Crippen molar-refractivity contribution < 1.29 is 8.42 Å². The highest BCUT2D eigenvalue weighted by molar-refractivity contribution is 7.88. The van der Waals surface area contributed by atoms with Gasteiger partial charge in [0.1, 0.15) is 0 Å². The summed E-state index contributed by atoms with van der Waals surface area (Å²) in [5.41, 5.74) is 0. The van der Waals surface area contributed by atoms with E-state index in [1.54, 1.807) is 7.05 Å². The molecule has 0 heterocycles. The average Bonchev–Trinajstić information content (AvgIpc) is 2.07. The lowest BCUT2D eigenvalue weighted by Crippen LogP contribution is -2.31. The summed E-state index contributed by atoms with van der Waals surface area (Å²) in [6.07, 6.45) is 10.2. The molecule has 0 unspecified atom stereocenters. The Labute approximate surface area is 93.9 Å². The lowest BCUT2D eigenvalue weighted by molar-refractivity contribution is 0.317. The Hall–Kier alpha value is -0.0900. The summed E-state index contributed by atoms with van der Waals surface area (Å²) in [5.74, 6) is 0.574. The van der Waals surface area contributed by atoms with Crippen LogP contribution in [0.15, 0.2) is 0 Å². The normalized spacial score (nSPS) is 21.3. The van der Waals surface area contributed by atoms with Gasteiger partial charge >= 0.3 is 0 Å². The topological polar surface area (TPSA) is 37.4 Å². The van der Waals surface area contributed by atoms with Crippen molar-refractivity contribution in [3.63, 3.8) is 0 Å². The largest absolute Gasteiger partial charge is 0.213 e. The summed E-state index contributed by atoms with van der Waals surface area (Å²) in [4.78, 5) is 0. The fourth-order valence-electron chi connectivity index (χ4n) is 2.22. The van der Waals surface area contributed by atoms with Crippen molar-refractivity contribution in [2.24, 2.45) is 5.92 Å². The smallest absolute Gasteiger partial charge is 0.210 e. The lowest BCUT2D eigenvalue weighted by atomic mass is 9.91. The van der Waals surface area contributed by atoms with E-state index in [9.17, 15) is 8.42 Å². The molecule has 0 spiro atoms. The fourth-order valence-corrected chi connectivity index (χ4v) is 2.70. The molecule has 0 aliphatic heterocycles. The molecule has 0 saturated heterocycles. The molecule has 0 aromatic rings. The van der Waals surface area contributed by atoms with E-state index >= 15 is 0 Å². The Morgan fingerprint density at radius 2 is 1.53 bits per heavy atom. The third kappa shape index (κ3) is 4.98. The first-order chi connectivity index (χ1) is 7.00. The average molecular weight is 233 g/mol. The van der Waals surface area contributed by atoms with E-state index in [1.807, 2.05) is 0 Å². The molecule has 90 valence electrons. The maximum atomic E-state index is 11.3. The van der Waals surface area contributed by atoms with Gasteiger partial charge in [0.15, 0.2) is 0 Å². The Bertz CT molecular complexity index is 266. The summed E-state index contributed by atoms with van der Waals surface area (Å²) in [5, 5.41) is 0. The monoisotopic (exact) mass is 233 g/mol. The first kappa shape index (κ1) is 13.0. The number of hydrogen-bond acceptors (Lipinski definition) is 2. The summed E-state index contributed by atoms with van der Waals surface area (Å²) in [7, 11) is -1.30. The van der Waals surface area contributed by atoms with Gasteiger partial charge in [0, 0.05) is 13.6 Å². The predicted molar refractivity (Wildman–Crippen MR) is 63.3 cm³/mol. The van der Waals surface area contributed by atoms with Crippen LogP contribution in [-0.4, -0.2) is 32.6 Å². The van der Waals surface area contributed by atoms with Crippen LogP contribution in [0.2, 0.25) is 0 Å². The minimum absolute atomic E-state index is 0.574. The molecule has 0 amide bonds. The second kappa shape index (κ2) is 5.85. The molecule has 1 aliphatic rings. The second-order valence-corrected chi connectivity index (χ2v) is 6.84. The molecule has 1 rings (SSSR count). The van der Waals surface area contributed by atoms with Gasteiger partial charge in [-0.3, -0.25) is 0 Å². The Morgan fingerprint density at radius 3 is 2.00 bits per heavy atom. The predicted octanol–water partition coefficient (Wildman–Crippen LogP) is 2.24. The second-order valence-electron chi connectivity index (χ2n) is 4.75. The maximum absolute atomic E-state index is 11.3. The van der Waals surface area contributed by atoms with Gasteiger partial charge in [0.05, 0.1) is 6.26 Å². The van der Waals surface area contributed by atoms with Gasteiger partial charge in [-0.15, -0.1) is 0 Å². The molecule has 15 heavy (non-hydrogen) atoms. The fraction of sp³-hybridized carbons (Fsp3) is 1.00. The molecule has 0 atom stereocenters. The van der Waals surface area contributed by atoms with Gasteiger partial charge in [-0.1, -0.05) is 32.1 Å². The number of rotatable bonds is 3. The van der Waals surface area contributed by atoms with Crippen molar-refractivity contribution >= 4 is 10.0 Å². The van der Waals surface area contributed by atoms with Crippen LogP contribution in [-0.2, 0) is 10.0 Å². The highest BCUT2D eigenvalue weighted by Gasteiger charge is 2.18. The van der Waals surface area contributed by atoms with Crippen LogP contribution in [0.1, 0.15) is 44.9 Å². The number of sulfonamides is 1. The molecule has 0 aromatic carbocycles. The van der Waals surface area contributed by atoms with Gasteiger partial charge in [-0.05, 0) is 18.8 Å². The molecule has 0 bridgehead atoms. The first-order valence-electron chi connectivity index (χ1n) is 5.91.